The number of methoxy groups -OCH3 is 1. The van der Waals surface area contributed by atoms with Crippen molar-refractivity contribution in [3.8, 4) is 5.75 Å². The maximum absolute atomic E-state index is 12.3. The Morgan fingerprint density at radius 2 is 1.81 bits per heavy atom. The molecule has 1 heterocycles. The van der Waals surface area contributed by atoms with Crippen LogP contribution in [0.15, 0.2) is 40.8 Å². The third-order valence-electron chi connectivity index (χ3n) is 3.81. The molecule has 1 amide bonds. The van der Waals surface area contributed by atoms with Gasteiger partial charge in [-0.15, -0.1) is 0 Å². The third kappa shape index (κ3) is 4.35. The Kier molecular flexibility index (Phi) is 5.58. The molecule has 0 fully saturated rings. The molecule has 0 spiro atoms. The van der Waals surface area contributed by atoms with Gasteiger partial charge in [0.05, 0.1) is 7.11 Å². The molecule has 3 aromatic rings. The minimum atomic E-state index is -0.734. The van der Waals surface area contributed by atoms with Crippen molar-refractivity contribution in [2.24, 2.45) is 0 Å². The summed E-state index contributed by atoms with van der Waals surface area (Å²) in [6, 6.07) is 9.80. The number of aryl methyl sites for hydroxylation is 1. The fourth-order valence-corrected chi connectivity index (χ4v) is 3.07. The summed E-state index contributed by atoms with van der Waals surface area (Å²) in [6.45, 7) is 1.25. The smallest absolute Gasteiger partial charge is 0.375 e. The maximum Gasteiger partial charge on any atom is 0.375 e. The number of benzene rings is 2. The van der Waals surface area contributed by atoms with Crippen LogP contribution in [0.1, 0.15) is 16.1 Å². The van der Waals surface area contributed by atoms with E-state index in [2.05, 4.69) is 5.32 Å². The number of ether oxygens (including phenoxy) is 2. The Labute approximate surface area is 164 Å². The summed E-state index contributed by atoms with van der Waals surface area (Å²) < 4.78 is 15.8. The number of fused-ring (bicyclic) bond motifs is 1. The standard InChI is InChI=1S/C19H15Cl2NO5/c1-10-15-8-14(25-2)3-4-16(15)27-18(10)19(24)26-9-17(23)22-13-6-11(20)5-12(21)7-13/h3-8H,9H2,1-2H3,(H,22,23). The monoisotopic (exact) mass is 407 g/mol. The number of carbonyl (C=O) groups is 2. The Morgan fingerprint density at radius 1 is 1.11 bits per heavy atom. The molecule has 27 heavy (non-hydrogen) atoms. The summed E-state index contributed by atoms with van der Waals surface area (Å²) in [5.74, 6) is -0.582. The molecule has 2 aromatic carbocycles. The quantitative estimate of drug-likeness (QED) is 0.611. The molecule has 0 unspecified atom stereocenters. The van der Waals surface area contributed by atoms with Crippen LogP contribution in [0.4, 0.5) is 5.69 Å². The molecule has 1 aromatic heterocycles. The summed E-state index contributed by atoms with van der Waals surface area (Å²) in [4.78, 5) is 24.3. The predicted octanol–water partition coefficient (Wildman–Crippen LogP) is 4.85. The first-order valence-corrected chi connectivity index (χ1v) is 8.63. The van der Waals surface area contributed by atoms with Crippen molar-refractivity contribution in [2.45, 2.75) is 6.92 Å². The fraction of sp³-hybridized carbons (Fsp3) is 0.158. The molecule has 0 saturated carbocycles. The summed E-state index contributed by atoms with van der Waals surface area (Å²) in [5.41, 5.74) is 1.54. The molecular weight excluding hydrogens is 393 g/mol. The first-order valence-electron chi connectivity index (χ1n) is 7.87. The first-order chi connectivity index (χ1) is 12.9. The molecule has 0 atom stereocenters. The Hall–Kier alpha value is -2.70. The van der Waals surface area contributed by atoms with E-state index in [4.69, 9.17) is 37.1 Å². The number of hydrogen-bond donors (Lipinski definition) is 1. The number of amides is 1. The molecule has 0 aliphatic heterocycles. The van der Waals surface area contributed by atoms with Crippen molar-refractivity contribution in [1.29, 1.82) is 0 Å². The number of carbonyl (C=O) groups excluding carboxylic acids is 2. The van der Waals surface area contributed by atoms with E-state index < -0.39 is 18.5 Å². The average Bonchev–Trinajstić information content (AvgIpc) is 2.95. The minimum absolute atomic E-state index is 0.0388. The van der Waals surface area contributed by atoms with Gasteiger partial charge in [-0.2, -0.15) is 0 Å². The van der Waals surface area contributed by atoms with E-state index in [1.54, 1.807) is 32.2 Å². The lowest BCUT2D eigenvalue weighted by molar-refractivity contribution is -0.119. The van der Waals surface area contributed by atoms with Gasteiger partial charge < -0.3 is 19.2 Å². The van der Waals surface area contributed by atoms with Crippen LogP contribution in [0, 0.1) is 6.92 Å². The predicted molar refractivity (Wildman–Crippen MR) is 103 cm³/mol. The molecule has 1 N–H and O–H groups in total. The van der Waals surface area contributed by atoms with E-state index in [1.165, 1.54) is 18.2 Å². The fourth-order valence-electron chi connectivity index (χ4n) is 2.54. The topological polar surface area (TPSA) is 77.8 Å². The number of rotatable bonds is 5. The van der Waals surface area contributed by atoms with Gasteiger partial charge in [0.15, 0.2) is 6.61 Å². The third-order valence-corrected chi connectivity index (χ3v) is 4.25. The van der Waals surface area contributed by atoms with Crippen molar-refractivity contribution >= 4 is 51.7 Å². The number of anilines is 1. The number of hydrogen-bond acceptors (Lipinski definition) is 5. The van der Waals surface area contributed by atoms with Crippen LogP contribution in [0.2, 0.25) is 10.0 Å². The average molecular weight is 408 g/mol. The van der Waals surface area contributed by atoms with Crippen LogP contribution >= 0.6 is 23.2 Å². The molecule has 140 valence electrons. The van der Waals surface area contributed by atoms with Crippen molar-refractivity contribution in [1.82, 2.24) is 0 Å². The van der Waals surface area contributed by atoms with Gasteiger partial charge in [-0.3, -0.25) is 4.79 Å². The van der Waals surface area contributed by atoms with Gasteiger partial charge in [-0.1, -0.05) is 23.2 Å². The second-order valence-electron chi connectivity index (χ2n) is 5.70. The van der Waals surface area contributed by atoms with Crippen LogP contribution in [-0.4, -0.2) is 25.6 Å². The van der Waals surface area contributed by atoms with Gasteiger partial charge >= 0.3 is 5.97 Å². The van der Waals surface area contributed by atoms with Gasteiger partial charge in [0, 0.05) is 26.7 Å². The van der Waals surface area contributed by atoms with Crippen LogP contribution in [0.5, 0.6) is 5.75 Å². The number of furan rings is 1. The first kappa shape index (κ1) is 19.1. The van der Waals surface area contributed by atoms with E-state index in [1.807, 2.05) is 0 Å². The lowest BCUT2D eigenvalue weighted by atomic mass is 10.1. The van der Waals surface area contributed by atoms with Gasteiger partial charge in [0.1, 0.15) is 11.3 Å². The zero-order chi connectivity index (χ0) is 19.6. The highest BCUT2D eigenvalue weighted by molar-refractivity contribution is 6.35. The number of nitrogens with one attached hydrogen (secondary N) is 1. The van der Waals surface area contributed by atoms with Crippen molar-refractivity contribution in [3.63, 3.8) is 0 Å². The molecule has 0 radical (unpaired) electrons. The van der Waals surface area contributed by atoms with E-state index in [0.717, 1.165) is 5.39 Å². The van der Waals surface area contributed by atoms with Crippen molar-refractivity contribution in [3.05, 3.63) is 57.8 Å². The van der Waals surface area contributed by atoms with Crippen molar-refractivity contribution < 1.29 is 23.5 Å². The van der Waals surface area contributed by atoms with Crippen molar-refractivity contribution in [2.75, 3.05) is 19.0 Å². The molecule has 3 rings (SSSR count). The van der Waals surface area contributed by atoms with E-state index >= 15 is 0 Å². The molecule has 8 heteroatoms. The lowest BCUT2D eigenvalue weighted by Crippen LogP contribution is -2.21. The lowest BCUT2D eigenvalue weighted by Gasteiger charge is -2.07. The van der Waals surface area contributed by atoms with Gasteiger partial charge in [-0.25, -0.2) is 4.79 Å². The maximum atomic E-state index is 12.3. The molecule has 0 aliphatic rings. The molecule has 0 bridgehead atoms. The number of halogens is 2. The zero-order valence-electron chi connectivity index (χ0n) is 14.5. The summed E-state index contributed by atoms with van der Waals surface area (Å²) in [6.07, 6.45) is 0. The molecular formula is C19H15Cl2NO5. The van der Waals surface area contributed by atoms with Crippen LogP contribution < -0.4 is 10.1 Å². The highest BCUT2D eigenvalue weighted by atomic mass is 35.5. The van der Waals surface area contributed by atoms with Gasteiger partial charge in [-0.05, 0) is 43.3 Å². The summed E-state index contributed by atoms with van der Waals surface area (Å²) in [7, 11) is 1.55. The summed E-state index contributed by atoms with van der Waals surface area (Å²) >= 11 is 11.8. The normalized spacial score (nSPS) is 10.7. The second kappa shape index (κ2) is 7.90. The number of esters is 1. The largest absolute Gasteiger partial charge is 0.497 e. The molecule has 0 aliphatic carbocycles. The highest BCUT2D eigenvalue weighted by Gasteiger charge is 2.20. The Bertz CT molecular complexity index is 1010. The van der Waals surface area contributed by atoms with E-state index in [-0.39, 0.29) is 5.76 Å². The van der Waals surface area contributed by atoms with Gasteiger partial charge in [0.25, 0.3) is 5.91 Å². The van der Waals surface area contributed by atoms with E-state index in [0.29, 0.717) is 32.6 Å². The zero-order valence-corrected chi connectivity index (χ0v) is 16.0. The van der Waals surface area contributed by atoms with Gasteiger partial charge in [0.2, 0.25) is 5.76 Å². The minimum Gasteiger partial charge on any atom is -0.497 e. The second-order valence-corrected chi connectivity index (χ2v) is 6.57. The molecule has 0 saturated heterocycles. The highest BCUT2D eigenvalue weighted by Crippen LogP contribution is 2.29. The SMILES string of the molecule is COc1ccc2oc(C(=O)OCC(=O)Nc3cc(Cl)cc(Cl)c3)c(C)c2c1. The van der Waals surface area contributed by atoms with Crippen LogP contribution in [-0.2, 0) is 9.53 Å². The summed E-state index contributed by atoms with van der Waals surface area (Å²) in [5, 5.41) is 4.05. The van der Waals surface area contributed by atoms with E-state index in [9.17, 15) is 9.59 Å². The van der Waals surface area contributed by atoms with Crippen LogP contribution in [0.3, 0.4) is 0 Å². The van der Waals surface area contributed by atoms with Crippen LogP contribution in [0.25, 0.3) is 11.0 Å². The Balaban J connectivity index is 1.67. The Morgan fingerprint density at radius 3 is 2.48 bits per heavy atom. The molecule has 6 nitrogen and oxygen atoms in total.